The second kappa shape index (κ2) is 14.5. The van der Waals surface area contributed by atoms with Gasteiger partial charge in [0.05, 0.1) is 17.3 Å². The number of aromatic nitrogens is 1. The molecule has 0 unspecified atom stereocenters. The molecule has 0 spiro atoms. The molecular formula is C38H38Br2N4O5. The Labute approximate surface area is 302 Å². The van der Waals surface area contributed by atoms with Crippen LogP contribution in [-0.4, -0.2) is 42.8 Å². The molecule has 0 saturated heterocycles. The van der Waals surface area contributed by atoms with Crippen molar-refractivity contribution in [2.45, 2.75) is 50.9 Å². The van der Waals surface area contributed by atoms with E-state index in [0.717, 1.165) is 33.3 Å². The van der Waals surface area contributed by atoms with Crippen molar-refractivity contribution in [2.24, 2.45) is 22.9 Å². The number of hydrogen-bond acceptors (Lipinski definition) is 7. The van der Waals surface area contributed by atoms with E-state index in [1.165, 1.54) is 50.3 Å². The third-order valence-corrected chi connectivity index (χ3v) is 11.2. The van der Waals surface area contributed by atoms with Gasteiger partial charge in [0, 0.05) is 21.7 Å². The lowest BCUT2D eigenvalue weighted by molar-refractivity contribution is -0.123. The summed E-state index contributed by atoms with van der Waals surface area (Å²) in [5, 5.41) is 7.90. The van der Waals surface area contributed by atoms with Crippen LogP contribution in [0.4, 0.5) is 5.69 Å². The molecule has 4 bridgehead atoms. The molecule has 254 valence electrons. The zero-order chi connectivity index (χ0) is 34.0. The van der Waals surface area contributed by atoms with Gasteiger partial charge < -0.3 is 19.5 Å². The molecule has 49 heavy (non-hydrogen) atoms. The van der Waals surface area contributed by atoms with Crippen molar-refractivity contribution in [3.8, 4) is 17.2 Å². The minimum atomic E-state index is -0.437. The van der Waals surface area contributed by atoms with Gasteiger partial charge in [-0.1, -0.05) is 34.1 Å². The highest BCUT2D eigenvalue weighted by Gasteiger charge is 2.51. The van der Waals surface area contributed by atoms with E-state index in [0.29, 0.717) is 44.8 Å². The number of carbonyl (C=O) groups is 2. The normalized spacial score (nSPS) is 22.3. The lowest BCUT2D eigenvalue weighted by Gasteiger charge is -2.57. The molecule has 4 aliphatic rings. The van der Waals surface area contributed by atoms with E-state index in [1.54, 1.807) is 24.4 Å². The molecule has 4 aromatic rings. The first kappa shape index (κ1) is 33.5. The Morgan fingerprint density at radius 2 is 1.59 bits per heavy atom. The Morgan fingerprint density at radius 1 is 0.878 bits per heavy atom. The first-order chi connectivity index (χ1) is 23.8. The van der Waals surface area contributed by atoms with Crippen molar-refractivity contribution >= 4 is 66.5 Å². The fraction of sp³-hybridized carbons (Fsp3) is 0.368. The molecule has 9 nitrogen and oxygen atoms in total. The number of fused-ring (bicyclic) bond motifs is 1. The number of carbonyl (C=O) groups excluding carboxylic acids is 2. The van der Waals surface area contributed by atoms with Crippen LogP contribution in [0.25, 0.3) is 10.9 Å². The summed E-state index contributed by atoms with van der Waals surface area (Å²) in [7, 11) is 0. The summed E-state index contributed by atoms with van der Waals surface area (Å²) in [6, 6.07) is 19.3. The van der Waals surface area contributed by atoms with Crippen LogP contribution in [0.2, 0.25) is 0 Å². The molecule has 2 N–H and O–H groups in total. The number of hydrazone groups is 1. The molecule has 1 heterocycles. The summed E-state index contributed by atoms with van der Waals surface area (Å²) in [5.41, 5.74) is 6.31. The number of nitrogens with zero attached hydrogens (tertiary/aromatic N) is 2. The number of rotatable bonds is 12. The maximum absolute atomic E-state index is 12.8. The molecule has 0 radical (unpaired) electrons. The largest absolute Gasteiger partial charge is 0.490 e. The Balaban J connectivity index is 0.908. The zero-order valence-corrected chi connectivity index (χ0v) is 30.4. The molecule has 11 heteroatoms. The highest BCUT2D eigenvalue weighted by Crippen LogP contribution is 2.60. The molecule has 1 aromatic heterocycles. The van der Waals surface area contributed by atoms with Crippen LogP contribution in [0.5, 0.6) is 17.2 Å². The third kappa shape index (κ3) is 7.48. The van der Waals surface area contributed by atoms with Crippen molar-refractivity contribution in [3.63, 3.8) is 0 Å². The minimum absolute atomic E-state index is 0.167. The number of pyridine rings is 1. The standard InChI is InChI=1S/C38H38Br2N4O5/c1-2-47-33-15-23(20-42-44-35(46)22-49-37-31(40)16-30(39)29-4-3-11-41-36(29)37)5-10-32(33)48-21-34(45)43-28-8-6-27(7-9-28)38-17-24-12-25(18-38)14-26(13-24)19-38/h3-11,15-16,20,24-26H,2,12-14,17-19,21-22H2,1H3,(H,43,45)(H,44,46)/b42-20+. The van der Waals surface area contributed by atoms with E-state index in [9.17, 15) is 9.59 Å². The maximum Gasteiger partial charge on any atom is 0.277 e. The maximum atomic E-state index is 12.8. The van der Waals surface area contributed by atoms with Gasteiger partial charge in [0.25, 0.3) is 11.8 Å². The Bertz CT molecular complexity index is 1860. The summed E-state index contributed by atoms with van der Waals surface area (Å²) in [4.78, 5) is 29.7. The van der Waals surface area contributed by atoms with E-state index < -0.39 is 5.91 Å². The number of anilines is 1. The molecule has 0 atom stereocenters. The summed E-state index contributed by atoms with van der Waals surface area (Å²) in [6.07, 6.45) is 11.4. The number of amides is 2. The zero-order valence-electron chi connectivity index (χ0n) is 27.2. The Kier molecular flexibility index (Phi) is 9.91. The molecule has 4 fully saturated rings. The second-order valence-electron chi connectivity index (χ2n) is 13.4. The SMILES string of the molecule is CCOc1cc(/C=N/NC(=O)COc2c(Br)cc(Br)c3cccnc23)ccc1OCC(=O)Nc1ccc(C23CC4CC(CC(C4)C2)C3)cc1. The highest BCUT2D eigenvalue weighted by molar-refractivity contribution is 9.11. The summed E-state index contributed by atoms with van der Waals surface area (Å²) in [6.45, 7) is 1.85. The van der Waals surface area contributed by atoms with E-state index >= 15 is 0 Å². The summed E-state index contributed by atoms with van der Waals surface area (Å²) < 4.78 is 18.9. The second-order valence-corrected chi connectivity index (χ2v) is 15.1. The van der Waals surface area contributed by atoms with Crippen molar-refractivity contribution in [2.75, 3.05) is 25.1 Å². The number of ether oxygens (including phenoxy) is 3. The number of nitrogens with one attached hydrogen (secondary N) is 2. The molecule has 0 aliphatic heterocycles. The van der Waals surface area contributed by atoms with Gasteiger partial charge in [-0.05, 0) is 138 Å². The van der Waals surface area contributed by atoms with Gasteiger partial charge in [0.15, 0.2) is 30.5 Å². The first-order valence-electron chi connectivity index (χ1n) is 16.8. The fourth-order valence-corrected chi connectivity index (χ4v) is 9.72. The molecule has 3 aromatic carbocycles. The molecular weight excluding hydrogens is 752 g/mol. The van der Waals surface area contributed by atoms with Gasteiger partial charge in [-0.3, -0.25) is 14.6 Å². The van der Waals surface area contributed by atoms with Crippen LogP contribution in [0.3, 0.4) is 0 Å². The average Bonchev–Trinajstić information content (AvgIpc) is 3.08. The average molecular weight is 791 g/mol. The van der Waals surface area contributed by atoms with Crippen LogP contribution >= 0.6 is 31.9 Å². The predicted octanol–water partition coefficient (Wildman–Crippen LogP) is 8.17. The van der Waals surface area contributed by atoms with E-state index in [4.69, 9.17) is 14.2 Å². The molecule has 8 rings (SSSR count). The molecule has 4 saturated carbocycles. The fourth-order valence-electron chi connectivity index (χ4n) is 8.34. The topological polar surface area (TPSA) is 111 Å². The highest BCUT2D eigenvalue weighted by atomic mass is 79.9. The molecule has 2 amide bonds. The van der Waals surface area contributed by atoms with Gasteiger partial charge in [0.2, 0.25) is 0 Å². The van der Waals surface area contributed by atoms with Crippen molar-refractivity contribution in [1.29, 1.82) is 0 Å². The molecule has 4 aliphatic carbocycles. The van der Waals surface area contributed by atoms with Crippen LogP contribution < -0.4 is 25.0 Å². The first-order valence-corrected chi connectivity index (χ1v) is 18.3. The smallest absolute Gasteiger partial charge is 0.277 e. The number of benzene rings is 3. The van der Waals surface area contributed by atoms with Crippen LogP contribution in [0.15, 0.2) is 80.9 Å². The van der Waals surface area contributed by atoms with Gasteiger partial charge in [0.1, 0.15) is 5.52 Å². The van der Waals surface area contributed by atoms with Gasteiger partial charge in [-0.25, -0.2) is 5.43 Å². The quantitative estimate of drug-likeness (QED) is 0.111. The van der Waals surface area contributed by atoms with Crippen LogP contribution in [0, 0.1) is 17.8 Å². The number of hydrogen-bond donors (Lipinski definition) is 2. The minimum Gasteiger partial charge on any atom is -0.490 e. The number of halogens is 2. The lowest BCUT2D eigenvalue weighted by Crippen LogP contribution is -2.48. The Morgan fingerprint density at radius 3 is 2.31 bits per heavy atom. The van der Waals surface area contributed by atoms with E-state index in [1.807, 2.05) is 37.3 Å². The third-order valence-electron chi connectivity index (χ3n) is 9.95. The Hall–Kier alpha value is -3.96. The van der Waals surface area contributed by atoms with Gasteiger partial charge >= 0.3 is 0 Å². The summed E-state index contributed by atoms with van der Waals surface area (Å²) >= 11 is 7.01. The summed E-state index contributed by atoms with van der Waals surface area (Å²) in [5.74, 6) is 3.36. The van der Waals surface area contributed by atoms with Gasteiger partial charge in [-0.15, -0.1) is 0 Å². The van der Waals surface area contributed by atoms with Crippen molar-refractivity contribution < 1.29 is 23.8 Å². The van der Waals surface area contributed by atoms with Crippen molar-refractivity contribution in [3.05, 3.63) is 86.9 Å². The predicted molar refractivity (Wildman–Crippen MR) is 196 cm³/mol. The van der Waals surface area contributed by atoms with Crippen LogP contribution in [0.1, 0.15) is 56.6 Å². The van der Waals surface area contributed by atoms with Gasteiger partial charge in [-0.2, -0.15) is 5.10 Å². The van der Waals surface area contributed by atoms with E-state index in [2.05, 4.69) is 64.8 Å². The van der Waals surface area contributed by atoms with Crippen molar-refractivity contribution in [1.82, 2.24) is 10.4 Å². The lowest BCUT2D eigenvalue weighted by atomic mass is 9.48. The van der Waals surface area contributed by atoms with E-state index in [-0.39, 0.29) is 19.1 Å². The van der Waals surface area contributed by atoms with Crippen LogP contribution in [-0.2, 0) is 15.0 Å². The monoisotopic (exact) mass is 788 g/mol.